The monoisotopic (exact) mass is 456 g/mol. The number of ether oxygens (including phenoxy) is 2. The van der Waals surface area contributed by atoms with Gasteiger partial charge in [-0.05, 0) is 61.9 Å². The lowest BCUT2D eigenvalue weighted by molar-refractivity contribution is -0.157. The van der Waals surface area contributed by atoms with Crippen LogP contribution in [0.15, 0.2) is 42.5 Å². The molecule has 1 aromatic heterocycles. The molecule has 1 heterocycles. The Balaban J connectivity index is 2.03. The summed E-state index contributed by atoms with van der Waals surface area (Å²) in [6.45, 7) is 3.31. The molecule has 2 aromatic carbocycles. The molecule has 168 valence electrons. The van der Waals surface area contributed by atoms with E-state index < -0.39 is 12.1 Å². The molecule has 0 fully saturated rings. The molecule has 1 atom stereocenters. The third-order valence-corrected chi connectivity index (χ3v) is 5.51. The Kier molecular flexibility index (Phi) is 6.89. The molecule has 0 aliphatic heterocycles. The number of carbonyl (C=O) groups is 3. The van der Waals surface area contributed by atoms with Crippen molar-refractivity contribution < 1.29 is 23.9 Å². The fourth-order valence-electron chi connectivity index (χ4n) is 3.59. The average Bonchev–Trinajstić information content (AvgIpc) is 3.03. The summed E-state index contributed by atoms with van der Waals surface area (Å²) in [6.07, 6.45) is -1.00. The number of hydrogen-bond donors (Lipinski definition) is 0. The first-order valence-corrected chi connectivity index (χ1v) is 10.4. The Morgan fingerprint density at radius 2 is 1.75 bits per heavy atom. The Morgan fingerprint density at radius 1 is 1.09 bits per heavy atom. The minimum absolute atomic E-state index is 0.0958. The predicted molar refractivity (Wildman–Crippen MR) is 122 cm³/mol. The number of esters is 1. The van der Waals surface area contributed by atoms with Crippen LogP contribution in [0.3, 0.4) is 0 Å². The van der Waals surface area contributed by atoms with E-state index >= 15 is 0 Å². The van der Waals surface area contributed by atoms with Crippen LogP contribution >= 0.6 is 11.6 Å². The van der Waals surface area contributed by atoms with Crippen molar-refractivity contribution in [1.82, 2.24) is 9.47 Å². The molecule has 0 saturated carbocycles. The summed E-state index contributed by atoms with van der Waals surface area (Å²) in [6, 6.07) is 11.9. The maximum absolute atomic E-state index is 13.3. The first-order chi connectivity index (χ1) is 15.1. The molecule has 3 aromatic rings. The van der Waals surface area contributed by atoms with Crippen LogP contribution < -0.4 is 4.74 Å². The number of nitrogens with zero attached hydrogens (tertiary/aromatic N) is 2. The fraction of sp³-hybridized carbons (Fsp3) is 0.292. The highest BCUT2D eigenvalue weighted by molar-refractivity contribution is 6.30. The van der Waals surface area contributed by atoms with E-state index in [0.29, 0.717) is 38.5 Å². The van der Waals surface area contributed by atoms with Gasteiger partial charge in [0.05, 0.1) is 19.0 Å². The lowest BCUT2D eigenvalue weighted by Gasteiger charge is -2.17. The van der Waals surface area contributed by atoms with Crippen LogP contribution in [-0.2, 0) is 20.7 Å². The van der Waals surface area contributed by atoms with E-state index in [-0.39, 0.29) is 18.2 Å². The molecule has 7 nitrogen and oxygen atoms in total. The Morgan fingerprint density at radius 3 is 2.34 bits per heavy atom. The zero-order valence-electron chi connectivity index (χ0n) is 18.6. The molecule has 0 unspecified atom stereocenters. The van der Waals surface area contributed by atoms with Crippen molar-refractivity contribution >= 4 is 40.3 Å². The summed E-state index contributed by atoms with van der Waals surface area (Å²) < 4.78 is 12.2. The summed E-state index contributed by atoms with van der Waals surface area (Å²) in [5, 5.41) is 1.23. The average molecular weight is 457 g/mol. The second kappa shape index (κ2) is 9.44. The number of carbonyl (C=O) groups excluding carboxylic acids is 3. The molecule has 0 aliphatic carbocycles. The first-order valence-electron chi connectivity index (χ1n) is 10.0. The largest absolute Gasteiger partial charge is 0.497 e. The number of halogens is 1. The van der Waals surface area contributed by atoms with Gasteiger partial charge in [0.1, 0.15) is 5.75 Å². The third kappa shape index (κ3) is 4.62. The SMILES string of the molecule is COc1ccc2c(c1)c(CC(=O)O[C@H](C)C(=O)N(C)C)c(C)n2C(=O)c1ccc(Cl)cc1. The summed E-state index contributed by atoms with van der Waals surface area (Å²) in [7, 11) is 4.74. The van der Waals surface area contributed by atoms with Crippen LogP contribution in [-0.4, -0.2) is 54.6 Å². The standard InChI is InChI=1S/C24H25ClN2O5/c1-14-19(13-22(28)32-15(2)23(29)26(3)4)20-12-18(31-5)10-11-21(20)27(14)24(30)16-6-8-17(25)9-7-16/h6-12,15H,13H2,1-5H3/t15-/m1/s1. The van der Waals surface area contributed by atoms with Gasteiger partial charge in [0.15, 0.2) is 6.10 Å². The number of aromatic nitrogens is 1. The molecular weight excluding hydrogens is 432 g/mol. The van der Waals surface area contributed by atoms with Gasteiger partial charge in [-0.1, -0.05) is 11.6 Å². The molecule has 3 rings (SSSR count). The highest BCUT2D eigenvalue weighted by atomic mass is 35.5. The summed E-state index contributed by atoms with van der Waals surface area (Å²) in [4.78, 5) is 39.4. The first kappa shape index (κ1) is 23.3. The van der Waals surface area contributed by atoms with Crippen molar-refractivity contribution in [3.05, 3.63) is 64.3 Å². The van der Waals surface area contributed by atoms with Gasteiger partial charge in [-0.3, -0.25) is 19.0 Å². The maximum atomic E-state index is 13.3. The molecule has 0 saturated heterocycles. The van der Waals surface area contributed by atoms with Gasteiger partial charge in [-0.15, -0.1) is 0 Å². The summed E-state index contributed by atoms with van der Waals surface area (Å²) >= 11 is 5.96. The molecule has 1 amide bonds. The van der Waals surface area contributed by atoms with Crippen molar-refractivity contribution in [2.24, 2.45) is 0 Å². The smallest absolute Gasteiger partial charge is 0.311 e. The molecule has 0 radical (unpaired) electrons. The Labute approximate surface area is 191 Å². The molecule has 0 N–H and O–H groups in total. The molecule has 0 spiro atoms. The number of rotatable bonds is 6. The summed E-state index contributed by atoms with van der Waals surface area (Å²) in [5.41, 5.74) is 2.35. The van der Waals surface area contributed by atoms with Crippen molar-refractivity contribution in [1.29, 1.82) is 0 Å². The lowest BCUT2D eigenvalue weighted by Crippen LogP contribution is -2.35. The van der Waals surface area contributed by atoms with E-state index in [1.54, 1.807) is 75.2 Å². The van der Waals surface area contributed by atoms with Crippen molar-refractivity contribution in [3.63, 3.8) is 0 Å². The predicted octanol–water partition coefficient (Wildman–Crippen LogP) is 3.86. The van der Waals surface area contributed by atoms with Crippen LogP contribution in [0.4, 0.5) is 0 Å². The Hall–Kier alpha value is -3.32. The van der Waals surface area contributed by atoms with Gasteiger partial charge in [0, 0.05) is 35.8 Å². The number of methoxy groups -OCH3 is 1. The van der Waals surface area contributed by atoms with E-state index in [0.717, 1.165) is 0 Å². The van der Waals surface area contributed by atoms with E-state index in [2.05, 4.69) is 0 Å². The minimum atomic E-state index is -0.906. The molecule has 32 heavy (non-hydrogen) atoms. The highest BCUT2D eigenvalue weighted by Crippen LogP contribution is 2.31. The molecule has 0 bridgehead atoms. The van der Waals surface area contributed by atoms with Gasteiger partial charge < -0.3 is 14.4 Å². The summed E-state index contributed by atoms with van der Waals surface area (Å²) in [5.74, 6) is -0.516. The van der Waals surface area contributed by atoms with Crippen LogP contribution in [0.1, 0.15) is 28.5 Å². The molecular formula is C24H25ClN2O5. The number of benzene rings is 2. The zero-order valence-corrected chi connectivity index (χ0v) is 19.4. The van der Waals surface area contributed by atoms with Crippen LogP contribution in [0, 0.1) is 6.92 Å². The normalized spacial score (nSPS) is 11.8. The van der Waals surface area contributed by atoms with E-state index in [4.69, 9.17) is 21.1 Å². The minimum Gasteiger partial charge on any atom is -0.497 e. The number of amides is 1. The topological polar surface area (TPSA) is 77.8 Å². The van der Waals surface area contributed by atoms with Gasteiger partial charge in [0.2, 0.25) is 0 Å². The zero-order chi connectivity index (χ0) is 23.6. The van der Waals surface area contributed by atoms with E-state index in [9.17, 15) is 14.4 Å². The van der Waals surface area contributed by atoms with Crippen molar-refractivity contribution in [3.8, 4) is 5.75 Å². The second-order valence-electron chi connectivity index (χ2n) is 7.64. The van der Waals surface area contributed by atoms with Gasteiger partial charge >= 0.3 is 5.97 Å². The maximum Gasteiger partial charge on any atom is 0.311 e. The number of likely N-dealkylation sites (N-methyl/N-ethyl adjacent to an activating group) is 1. The van der Waals surface area contributed by atoms with Gasteiger partial charge in [-0.2, -0.15) is 0 Å². The van der Waals surface area contributed by atoms with Crippen molar-refractivity contribution in [2.45, 2.75) is 26.4 Å². The van der Waals surface area contributed by atoms with E-state index in [1.807, 2.05) is 0 Å². The molecule has 8 heteroatoms. The van der Waals surface area contributed by atoms with Crippen LogP contribution in [0.2, 0.25) is 5.02 Å². The van der Waals surface area contributed by atoms with E-state index in [1.165, 1.54) is 11.8 Å². The fourth-order valence-corrected chi connectivity index (χ4v) is 3.72. The number of hydrogen-bond acceptors (Lipinski definition) is 5. The number of fused-ring (bicyclic) bond motifs is 1. The van der Waals surface area contributed by atoms with Crippen LogP contribution in [0.5, 0.6) is 5.75 Å². The van der Waals surface area contributed by atoms with Gasteiger partial charge in [-0.25, -0.2) is 0 Å². The highest BCUT2D eigenvalue weighted by Gasteiger charge is 2.25. The quantitative estimate of drug-likeness (QED) is 0.526. The van der Waals surface area contributed by atoms with Crippen molar-refractivity contribution in [2.75, 3.05) is 21.2 Å². The second-order valence-corrected chi connectivity index (χ2v) is 8.07. The van der Waals surface area contributed by atoms with Gasteiger partial charge in [0.25, 0.3) is 11.8 Å². The lowest BCUT2D eigenvalue weighted by atomic mass is 10.1. The van der Waals surface area contributed by atoms with Crippen LogP contribution in [0.25, 0.3) is 10.9 Å². The Bertz CT molecular complexity index is 1180. The third-order valence-electron chi connectivity index (χ3n) is 5.25. The molecule has 0 aliphatic rings.